The van der Waals surface area contributed by atoms with Crippen LogP contribution in [-0.4, -0.2) is 21.3 Å². The van der Waals surface area contributed by atoms with E-state index in [-0.39, 0.29) is 22.6 Å². The molecule has 0 aromatic heterocycles. The van der Waals surface area contributed by atoms with Crippen LogP contribution in [0.25, 0.3) is 0 Å². The molecule has 2 aromatic carbocycles. The van der Waals surface area contributed by atoms with Crippen LogP contribution in [0.2, 0.25) is 0 Å². The van der Waals surface area contributed by atoms with Crippen molar-refractivity contribution in [2.45, 2.75) is 20.3 Å². The van der Waals surface area contributed by atoms with Crippen LogP contribution in [0.15, 0.2) is 42.5 Å². The Labute approximate surface area is 117 Å². The average molecular weight is 274 g/mol. The van der Waals surface area contributed by atoms with Crippen LogP contribution in [0.5, 0.6) is 11.5 Å². The second-order valence-electron chi connectivity index (χ2n) is 4.25. The predicted molar refractivity (Wildman–Crippen MR) is 77.3 cm³/mol. The van der Waals surface area contributed by atoms with Crippen molar-refractivity contribution in [2.75, 3.05) is 0 Å². The van der Waals surface area contributed by atoms with E-state index >= 15 is 0 Å². The van der Waals surface area contributed by atoms with E-state index in [1.165, 1.54) is 18.6 Å². The number of phenolic OH excluding ortho intramolecular Hbond substituents is 1. The highest BCUT2D eigenvalue weighted by atomic mass is 16.4. The van der Waals surface area contributed by atoms with Gasteiger partial charge in [-0.05, 0) is 31.0 Å². The molecule has 4 heteroatoms. The lowest BCUT2D eigenvalue weighted by molar-refractivity contribution is 0.0693. The summed E-state index contributed by atoms with van der Waals surface area (Å²) in [6.07, 6.45) is 1.14. The Hall–Kier alpha value is -2.49. The van der Waals surface area contributed by atoms with Gasteiger partial charge in [-0.3, -0.25) is 0 Å². The molecular weight excluding hydrogens is 256 g/mol. The van der Waals surface area contributed by atoms with Crippen molar-refractivity contribution in [1.29, 1.82) is 0 Å². The lowest BCUT2D eigenvalue weighted by Gasteiger charge is -2.03. The number of aryl methyl sites for hydroxylation is 1. The number of rotatable bonds is 2. The van der Waals surface area contributed by atoms with Gasteiger partial charge >= 0.3 is 5.97 Å². The van der Waals surface area contributed by atoms with Gasteiger partial charge in [0.1, 0.15) is 17.1 Å². The first-order valence-electron chi connectivity index (χ1n) is 6.26. The van der Waals surface area contributed by atoms with Gasteiger partial charge in [-0.15, -0.1) is 0 Å². The van der Waals surface area contributed by atoms with Crippen molar-refractivity contribution in [2.24, 2.45) is 0 Å². The smallest absolute Gasteiger partial charge is 0.339 e. The van der Waals surface area contributed by atoms with Crippen LogP contribution >= 0.6 is 0 Å². The Bertz CT molecular complexity index is 577. The topological polar surface area (TPSA) is 77.8 Å². The normalized spacial score (nSPS) is 9.50. The zero-order valence-electron chi connectivity index (χ0n) is 11.5. The third-order valence-corrected chi connectivity index (χ3v) is 2.88. The van der Waals surface area contributed by atoms with E-state index in [0.29, 0.717) is 0 Å². The van der Waals surface area contributed by atoms with Crippen LogP contribution in [0.4, 0.5) is 0 Å². The molecule has 4 nitrogen and oxygen atoms in total. The monoisotopic (exact) mass is 274 g/mol. The molecule has 0 saturated carbocycles. The van der Waals surface area contributed by atoms with Gasteiger partial charge in [0, 0.05) is 5.56 Å². The van der Waals surface area contributed by atoms with Gasteiger partial charge in [0.2, 0.25) is 0 Å². The highest BCUT2D eigenvalue weighted by molar-refractivity contribution is 5.91. The number of carboxylic acids is 1. The van der Waals surface area contributed by atoms with Crippen molar-refractivity contribution >= 4 is 5.97 Å². The standard InChI is InChI=1S/C8H8O4.C8H10/c1-4-6(9)3-2-5(7(4)10)8(11)12;1-2-8-6-4-3-5-7-8/h2-3,9-10H,1H3,(H,11,12);3-7H,2H2,1H3. The number of carbonyl (C=O) groups is 1. The summed E-state index contributed by atoms with van der Waals surface area (Å²) in [5, 5.41) is 26.8. The van der Waals surface area contributed by atoms with Crippen LogP contribution in [0.3, 0.4) is 0 Å². The molecule has 0 spiro atoms. The molecule has 0 unspecified atom stereocenters. The van der Waals surface area contributed by atoms with E-state index in [9.17, 15) is 9.90 Å². The van der Waals surface area contributed by atoms with Crippen LogP contribution in [0, 0.1) is 6.92 Å². The number of carboxylic acid groups (broad SMARTS) is 1. The minimum Gasteiger partial charge on any atom is -0.508 e. The Morgan fingerprint density at radius 3 is 2.10 bits per heavy atom. The summed E-state index contributed by atoms with van der Waals surface area (Å²) in [4.78, 5) is 10.4. The van der Waals surface area contributed by atoms with Crippen LogP contribution in [0.1, 0.15) is 28.4 Å². The van der Waals surface area contributed by atoms with Gasteiger partial charge in [-0.2, -0.15) is 0 Å². The van der Waals surface area contributed by atoms with Gasteiger partial charge in [-0.1, -0.05) is 37.3 Å². The maximum absolute atomic E-state index is 10.4. The highest BCUT2D eigenvalue weighted by Crippen LogP contribution is 2.29. The summed E-state index contributed by atoms with van der Waals surface area (Å²) in [6, 6.07) is 12.8. The Morgan fingerprint density at radius 2 is 1.65 bits per heavy atom. The molecule has 106 valence electrons. The van der Waals surface area contributed by atoms with E-state index in [0.717, 1.165) is 12.5 Å². The zero-order chi connectivity index (χ0) is 15.1. The van der Waals surface area contributed by atoms with Gasteiger partial charge in [0.15, 0.2) is 0 Å². The maximum Gasteiger partial charge on any atom is 0.339 e. The van der Waals surface area contributed by atoms with Crippen molar-refractivity contribution < 1.29 is 20.1 Å². The maximum atomic E-state index is 10.4. The molecule has 0 aliphatic carbocycles. The van der Waals surface area contributed by atoms with Crippen LogP contribution in [-0.2, 0) is 6.42 Å². The van der Waals surface area contributed by atoms with Crippen molar-refractivity contribution in [3.05, 3.63) is 59.2 Å². The van der Waals surface area contributed by atoms with Gasteiger partial charge < -0.3 is 15.3 Å². The van der Waals surface area contributed by atoms with Crippen LogP contribution < -0.4 is 0 Å². The number of phenols is 2. The molecule has 0 amide bonds. The SMILES string of the molecule is CCc1ccccc1.Cc1c(O)ccc(C(=O)O)c1O. The minimum atomic E-state index is -1.21. The highest BCUT2D eigenvalue weighted by Gasteiger charge is 2.13. The summed E-state index contributed by atoms with van der Waals surface area (Å²) in [5.41, 5.74) is 1.38. The average Bonchev–Trinajstić information content (AvgIpc) is 2.46. The number of hydrogen-bond acceptors (Lipinski definition) is 3. The molecule has 0 fully saturated rings. The summed E-state index contributed by atoms with van der Waals surface area (Å²) >= 11 is 0. The first kappa shape index (κ1) is 15.6. The summed E-state index contributed by atoms with van der Waals surface area (Å²) in [6.45, 7) is 3.60. The van der Waals surface area contributed by atoms with E-state index in [4.69, 9.17) is 10.2 Å². The summed E-state index contributed by atoms with van der Waals surface area (Å²) in [5.74, 6) is -1.71. The molecule has 0 aliphatic heterocycles. The second kappa shape index (κ2) is 7.19. The van der Waals surface area contributed by atoms with Gasteiger partial charge in [0.25, 0.3) is 0 Å². The molecule has 0 bridgehead atoms. The third-order valence-electron chi connectivity index (χ3n) is 2.88. The Balaban J connectivity index is 0.000000217. The summed E-state index contributed by atoms with van der Waals surface area (Å²) in [7, 11) is 0. The third kappa shape index (κ3) is 4.02. The van der Waals surface area contributed by atoms with Crippen molar-refractivity contribution in [1.82, 2.24) is 0 Å². The van der Waals surface area contributed by atoms with Crippen molar-refractivity contribution in [3.63, 3.8) is 0 Å². The van der Waals surface area contributed by atoms with E-state index < -0.39 is 5.97 Å². The molecule has 0 saturated heterocycles. The lowest BCUT2D eigenvalue weighted by Crippen LogP contribution is -1.97. The van der Waals surface area contributed by atoms with Gasteiger partial charge in [-0.25, -0.2) is 4.79 Å². The largest absolute Gasteiger partial charge is 0.508 e. The van der Waals surface area contributed by atoms with E-state index in [1.807, 2.05) is 6.07 Å². The predicted octanol–water partition coefficient (Wildman–Crippen LogP) is 3.35. The zero-order valence-corrected chi connectivity index (χ0v) is 11.5. The summed E-state index contributed by atoms with van der Waals surface area (Å²) < 4.78 is 0. The molecule has 2 aromatic rings. The molecule has 0 aliphatic rings. The quantitative estimate of drug-likeness (QED) is 0.784. The number of hydrogen-bond donors (Lipinski definition) is 3. The Morgan fingerprint density at radius 1 is 1.05 bits per heavy atom. The minimum absolute atomic E-state index is 0.113. The van der Waals surface area contributed by atoms with Gasteiger partial charge in [0.05, 0.1) is 0 Å². The lowest BCUT2D eigenvalue weighted by atomic mass is 10.1. The molecule has 0 radical (unpaired) electrons. The number of aromatic carboxylic acids is 1. The first-order valence-corrected chi connectivity index (χ1v) is 6.26. The molecule has 0 atom stereocenters. The fraction of sp³-hybridized carbons (Fsp3) is 0.188. The Kier molecular flexibility index (Phi) is 5.59. The first-order chi connectivity index (χ1) is 9.47. The fourth-order valence-corrected chi connectivity index (χ4v) is 1.58. The number of benzene rings is 2. The molecule has 0 heterocycles. The van der Waals surface area contributed by atoms with Crippen molar-refractivity contribution in [3.8, 4) is 11.5 Å². The molecular formula is C16H18O4. The molecule has 20 heavy (non-hydrogen) atoms. The number of aromatic hydroxyl groups is 2. The van der Waals surface area contributed by atoms with E-state index in [1.54, 1.807) is 0 Å². The molecule has 3 N–H and O–H groups in total. The second-order valence-corrected chi connectivity index (χ2v) is 4.25. The molecule has 2 rings (SSSR count). The fourth-order valence-electron chi connectivity index (χ4n) is 1.58. The van der Waals surface area contributed by atoms with E-state index in [2.05, 4.69) is 31.2 Å².